The Kier molecular flexibility index (Phi) is 5.71. The third-order valence-corrected chi connectivity index (χ3v) is 4.11. The van der Waals surface area contributed by atoms with Crippen LogP contribution in [0.1, 0.15) is 20.3 Å². The van der Waals surface area contributed by atoms with E-state index in [1.807, 2.05) is 56.3 Å². The fourth-order valence-corrected chi connectivity index (χ4v) is 2.44. The number of benzene rings is 2. The second-order valence-corrected chi connectivity index (χ2v) is 6.14. The number of hydrogen-bond acceptors (Lipinski definition) is 5. The highest BCUT2D eigenvalue weighted by Crippen LogP contribution is 2.26. The SMILES string of the molecule is CC[C@H](C)NC(=O)Nc1cccc(-c2noc(-c3cccc(OC)c3)n2)c1. The quantitative estimate of drug-likeness (QED) is 0.678. The van der Waals surface area contributed by atoms with Gasteiger partial charge in [-0.25, -0.2) is 4.79 Å². The molecule has 0 unspecified atom stereocenters. The summed E-state index contributed by atoms with van der Waals surface area (Å²) >= 11 is 0. The van der Waals surface area contributed by atoms with Crippen LogP contribution in [0.25, 0.3) is 22.8 Å². The molecule has 3 aromatic rings. The number of rotatable bonds is 6. The van der Waals surface area contributed by atoms with Crippen LogP contribution in [0.3, 0.4) is 0 Å². The van der Waals surface area contributed by atoms with E-state index in [-0.39, 0.29) is 12.1 Å². The highest BCUT2D eigenvalue weighted by molar-refractivity contribution is 5.90. The van der Waals surface area contributed by atoms with Gasteiger partial charge in [-0.1, -0.05) is 30.3 Å². The number of ether oxygens (including phenoxy) is 1. The van der Waals surface area contributed by atoms with Crippen molar-refractivity contribution in [1.29, 1.82) is 0 Å². The average molecular weight is 366 g/mol. The van der Waals surface area contributed by atoms with Crippen molar-refractivity contribution < 1.29 is 14.1 Å². The van der Waals surface area contributed by atoms with Crippen LogP contribution in [0.4, 0.5) is 10.5 Å². The standard InChI is InChI=1S/C20H22N4O3/c1-4-13(2)21-20(25)22-16-9-5-7-14(11-16)18-23-19(27-24-18)15-8-6-10-17(12-15)26-3/h5-13H,4H2,1-3H3,(H2,21,22,25)/t13-/m0/s1. The highest BCUT2D eigenvalue weighted by atomic mass is 16.5. The normalized spacial score (nSPS) is 11.7. The molecule has 3 rings (SSSR count). The summed E-state index contributed by atoms with van der Waals surface area (Å²) in [6.45, 7) is 3.97. The Morgan fingerprint density at radius 1 is 1.19 bits per heavy atom. The van der Waals surface area contributed by atoms with Gasteiger partial charge in [0.15, 0.2) is 0 Å². The van der Waals surface area contributed by atoms with E-state index in [0.717, 1.165) is 17.5 Å². The minimum atomic E-state index is -0.244. The molecule has 7 nitrogen and oxygen atoms in total. The predicted octanol–water partition coefficient (Wildman–Crippen LogP) is 4.33. The van der Waals surface area contributed by atoms with Crippen molar-refractivity contribution >= 4 is 11.7 Å². The number of amides is 2. The Balaban J connectivity index is 1.77. The predicted molar refractivity (Wildman–Crippen MR) is 104 cm³/mol. The van der Waals surface area contributed by atoms with Crippen molar-refractivity contribution in [3.63, 3.8) is 0 Å². The third-order valence-electron chi connectivity index (χ3n) is 4.11. The molecule has 0 saturated carbocycles. The topological polar surface area (TPSA) is 89.3 Å². The molecule has 7 heteroatoms. The van der Waals surface area contributed by atoms with E-state index < -0.39 is 0 Å². The van der Waals surface area contributed by atoms with Crippen molar-refractivity contribution in [2.24, 2.45) is 0 Å². The molecule has 2 aromatic carbocycles. The maximum atomic E-state index is 12.0. The molecule has 140 valence electrons. The molecule has 1 aromatic heterocycles. The number of carbonyl (C=O) groups excluding carboxylic acids is 1. The van der Waals surface area contributed by atoms with E-state index in [9.17, 15) is 4.79 Å². The molecule has 2 amide bonds. The lowest BCUT2D eigenvalue weighted by Gasteiger charge is -2.12. The Morgan fingerprint density at radius 3 is 2.74 bits per heavy atom. The Hall–Kier alpha value is -3.35. The zero-order valence-electron chi connectivity index (χ0n) is 15.5. The zero-order chi connectivity index (χ0) is 19.2. The van der Waals surface area contributed by atoms with E-state index in [1.54, 1.807) is 13.2 Å². The first-order chi connectivity index (χ1) is 13.1. The number of carbonyl (C=O) groups is 1. The molecular formula is C20H22N4O3. The smallest absolute Gasteiger partial charge is 0.319 e. The summed E-state index contributed by atoms with van der Waals surface area (Å²) in [5.74, 6) is 1.56. The molecule has 0 fully saturated rings. The van der Waals surface area contributed by atoms with E-state index in [1.165, 1.54) is 0 Å². The van der Waals surface area contributed by atoms with Crippen LogP contribution in [-0.4, -0.2) is 29.3 Å². The number of urea groups is 1. The minimum absolute atomic E-state index is 0.107. The molecule has 2 N–H and O–H groups in total. The van der Waals surface area contributed by atoms with Gasteiger partial charge < -0.3 is 19.9 Å². The first-order valence-electron chi connectivity index (χ1n) is 8.75. The zero-order valence-corrected chi connectivity index (χ0v) is 15.5. The van der Waals surface area contributed by atoms with Gasteiger partial charge in [-0.3, -0.25) is 0 Å². The third kappa shape index (κ3) is 4.63. The van der Waals surface area contributed by atoms with Gasteiger partial charge in [0.25, 0.3) is 5.89 Å². The average Bonchev–Trinajstić information content (AvgIpc) is 3.18. The fraction of sp³-hybridized carbons (Fsp3) is 0.250. The Morgan fingerprint density at radius 2 is 1.96 bits per heavy atom. The number of anilines is 1. The van der Waals surface area contributed by atoms with Gasteiger partial charge in [0.1, 0.15) is 5.75 Å². The lowest BCUT2D eigenvalue weighted by atomic mass is 10.2. The number of nitrogens with one attached hydrogen (secondary N) is 2. The summed E-state index contributed by atoms with van der Waals surface area (Å²) in [6, 6.07) is 14.6. The summed E-state index contributed by atoms with van der Waals surface area (Å²) in [4.78, 5) is 16.4. The summed E-state index contributed by atoms with van der Waals surface area (Å²) in [6.07, 6.45) is 0.864. The van der Waals surface area contributed by atoms with Crippen LogP contribution in [0.5, 0.6) is 5.75 Å². The van der Waals surface area contributed by atoms with Crippen LogP contribution >= 0.6 is 0 Å². The summed E-state index contributed by atoms with van der Waals surface area (Å²) in [5.41, 5.74) is 2.17. The molecule has 0 aliphatic heterocycles. The molecule has 0 radical (unpaired) electrons. The maximum Gasteiger partial charge on any atom is 0.319 e. The monoisotopic (exact) mass is 366 g/mol. The Labute approximate surface area is 157 Å². The van der Waals surface area contributed by atoms with Gasteiger partial charge in [0, 0.05) is 22.9 Å². The molecular weight excluding hydrogens is 344 g/mol. The van der Waals surface area contributed by atoms with E-state index in [4.69, 9.17) is 9.26 Å². The van der Waals surface area contributed by atoms with Gasteiger partial charge >= 0.3 is 6.03 Å². The molecule has 0 saturated heterocycles. The van der Waals surface area contributed by atoms with Gasteiger partial charge in [-0.2, -0.15) is 4.98 Å². The van der Waals surface area contributed by atoms with E-state index >= 15 is 0 Å². The Bertz CT molecular complexity index is 923. The van der Waals surface area contributed by atoms with Gasteiger partial charge in [0.05, 0.1) is 7.11 Å². The maximum absolute atomic E-state index is 12.0. The van der Waals surface area contributed by atoms with Gasteiger partial charge in [0.2, 0.25) is 5.82 Å². The molecule has 27 heavy (non-hydrogen) atoms. The van der Waals surface area contributed by atoms with Crippen molar-refractivity contribution in [3.8, 4) is 28.6 Å². The second kappa shape index (κ2) is 8.35. The molecule has 1 heterocycles. The van der Waals surface area contributed by atoms with Crippen LogP contribution in [0.2, 0.25) is 0 Å². The summed E-state index contributed by atoms with van der Waals surface area (Å²) in [7, 11) is 1.61. The molecule has 1 atom stereocenters. The van der Waals surface area contributed by atoms with Crippen LogP contribution < -0.4 is 15.4 Å². The summed E-state index contributed by atoms with van der Waals surface area (Å²) in [5, 5.41) is 9.73. The minimum Gasteiger partial charge on any atom is -0.497 e. The van der Waals surface area contributed by atoms with Crippen molar-refractivity contribution in [3.05, 3.63) is 48.5 Å². The lowest BCUT2D eigenvalue weighted by Crippen LogP contribution is -2.35. The first-order valence-corrected chi connectivity index (χ1v) is 8.75. The van der Waals surface area contributed by atoms with Crippen molar-refractivity contribution in [1.82, 2.24) is 15.5 Å². The number of hydrogen-bond donors (Lipinski definition) is 2. The van der Waals surface area contributed by atoms with E-state index in [0.29, 0.717) is 23.2 Å². The lowest BCUT2D eigenvalue weighted by molar-refractivity contribution is 0.249. The number of nitrogens with zero attached hydrogens (tertiary/aromatic N) is 2. The summed E-state index contributed by atoms with van der Waals surface area (Å²) < 4.78 is 10.6. The van der Waals surface area contributed by atoms with Crippen LogP contribution in [-0.2, 0) is 0 Å². The van der Waals surface area contributed by atoms with Gasteiger partial charge in [-0.05, 0) is 43.7 Å². The fourth-order valence-electron chi connectivity index (χ4n) is 2.44. The van der Waals surface area contributed by atoms with Crippen molar-refractivity contribution in [2.75, 3.05) is 12.4 Å². The van der Waals surface area contributed by atoms with Crippen LogP contribution in [0, 0.1) is 0 Å². The molecule has 0 bridgehead atoms. The first kappa shape index (κ1) is 18.4. The molecule has 0 spiro atoms. The largest absolute Gasteiger partial charge is 0.497 e. The number of methoxy groups -OCH3 is 1. The number of aromatic nitrogens is 2. The molecule has 0 aliphatic rings. The second-order valence-electron chi connectivity index (χ2n) is 6.14. The van der Waals surface area contributed by atoms with Crippen molar-refractivity contribution in [2.45, 2.75) is 26.3 Å². The van der Waals surface area contributed by atoms with Crippen LogP contribution in [0.15, 0.2) is 53.1 Å². The van der Waals surface area contributed by atoms with E-state index in [2.05, 4.69) is 20.8 Å². The molecule has 0 aliphatic carbocycles. The van der Waals surface area contributed by atoms with Gasteiger partial charge in [-0.15, -0.1) is 0 Å². The highest BCUT2D eigenvalue weighted by Gasteiger charge is 2.12.